The summed E-state index contributed by atoms with van der Waals surface area (Å²) in [6.07, 6.45) is 0.535. The molecule has 1 rings (SSSR count). The minimum atomic E-state index is -3.27. The highest BCUT2D eigenvalue weighted by molar-refractivity contribution is 7.89. The van der Waals surface area contributed by atoms with Gasteiger partial charge in [0.2, 0.25) is 10.0 Å². The monoisotopic (exact) mass is 264 g/mol. The Labute approximate surface area is 97.4 Å². The van der Waals surface area contributed by atoms with E-state index in [4.69, 9.17) is 5.11 Å². The van der Waals surface area contributed by atoms with Gasteiger partial charge in [0.1, 0.15) is 5.01 Å². The van der Waals surface area contributed by atoms with Crippen molar-refractivity contribution in [2.24, 2.45) is 0 Å². The first kappa shape index (κ1) is 13.1. The number of aromatic carboxylic acids is 1. The van der Waals surface area contributed by atoms with Crippen LogP contribution in [0.4, 0.5) is 0 Å². The molecular weight excluding hydrogens is 252 g/mol. The molecule has 90 valence electrons. The minimum absolute atomic E-state index is 0.0419. The average Bonchev–Trinajstić information content (AvgIpc) is 2.63. The third kappa shape index (κ3) is 3.87. The van der Waals surface area contributed by atoms with Crippen molar-refractivity contribution in [3.05, 3.63) is 16.1 Å². The van der Waals surface area contributed by atoms with Gasteiger partial charge < -0.3 is 5.11 Å². The Hall–Kier alpha value is -0.990. The van der Waals surface area contributed by atoms with Gasteiger partial charge in [-0.3, -0.25) is 0 Å². The van der Waals surface area contributed by atoms with E-state index < -0.39 is 16.0 Å². The summed E-state index contributed by atoms with van der Waals surface area (Å²) in [5.41, 5.74) is -0.0605. The fourth-order valence-electron chi connectivity index (χ4n) is 1.00. The summed E-state index contributed by atoms with van der Waals surface area (Å²) < 4.78 is 24.9. The van der Waals surface area contributed by atoms with Crippen molar-refractivity contribution in [3.63, 3.8) is 0 Å². The number of hydrogen-bond acceptors (Lipinski definition) is 5. The number of carbonyl (C=O) groups is 1. The number of aromatic nitrogens is 1. The maximum absolute atomic E-state index is 11.3. The molecule has 0 bridgehead atoms. The Kier molecular flexibility index (Phi) is 4.39. The Balaban J connectivity index is 2.58. The van der Waals surface area contributed by atoms with Gasteiger partial charge in [-0.2, -0.15) is 0 Å². The molecule has 0 amide bonds. The van der Waals surface area contributed by atoms with Crippen LogP contribution in [0.5, 0.6) is 0 Å². The van der Waals surface area contributed by atoms with Crippen LogP contribution in [-0.4, -0.2) is 30.2 Å². The lowest BCUT2D eigenvalue weighted by atomic mass is 10.5. The summed E-state index contributed by atoms with van der Waals surface area (Å²) in [4.78, 5) is 14.3. The van der Waals surface area contributed by atoms with Gasteiger partial charge in [0.05, 0.1) is 12.3 Å². The normalized spacial score (nSPS) is 11.6. The highest BCUT2D eigenvalue weighted by atomic mass is 32.2. The summed E-state index contributed by atoms with van der Waals surface area (Å²) >= 11 is 1.12. The second-order valence-corrected chi connectivity index (χ2v) is 5.94. The average molecular weight is 264 g/mol. The molecule has 1 aromatic rings. The predicted octanol–water partition coefficient (Wildman–Crippen LogP) is 0.671. The van der Waals surface area contributed by atoms with Crippen LogP contribution in [0.2, 0.25) is 0 Å². The molecule has 0 aliphatic heterocycles. The Bertz CT molecular complexity index is 466. The van der Waals surface area contributed by atoms with Gasteiger partial charge in [0.15, 0.2) is 5.69 Å². The van der Waals surface area contributed by atoms with E-state index in [1.54, 1.807) is 6.92 Å². The van der Waals surface area contributed by atoms with Crippen LogP contribution in [0.15, 0.2) is 5.38 Å². The molecule has 0 atom stereocenters. The van der Waals surface area contributed by atoms with Gasteiger partial charge in [-0.05, 0) is 6.42 Å². The van der Waals surface area contributed by atoms with Crippen LogP contribution in [0.3, 0.4) is 0 Å². The predicted molar refractivity (Wildman–Crippen MR) is 60.0 cm³/mol. The summed E-state index contributed by atoms with van der Waals surface area (Å²) in [7, 11) is -3.27. The maximum atomic E-state index is 11.3. The molecule has 2 N–H and O–H groups in total. The lowest BCUT2D eigenvalue weighted by Gasteiger charge is -2.02. The standard InChI is InChI=1S/C8H12N2O4S2/c1-2-3-16(13,14)9-4-7-10-6(5-15-7)8(11)12/h5,9H,2-4H2,1H3,(H,11,12). The molecule has 8 heteroatoms. The quantitative estimate of drug-likeness (QED) is 0.787. The lowest BCUT2D eigenvalue weighted by Crippen LogP contribution is -2.25. The first-order chi connectivity index (χ1) is 7.44. The summed E-state index contributed by atoms with van der Waals surface area (Å²) in [6.45, 7) is 1.81. The Morgan fingerprint density at radius 1 is 1.62 bits per heavy atom. The van der Waals surface area contributed by atoms with Crippen LogP contribution < -0.4 is 4.72 Å². The van der Waals surface area contributed by atoms with E-state index in [0.29, 0.717) is 11.4 Å². The molecule has 0 fully saturated rings. The number of nitrogens with zero attached hydrogens (tertiary/aromatic N) is 1. The smallest absolute Gasteiger partial charge is 0.355 e. The number of rotatable bonds is 6. The van der Waals surface area contributed by atoms with Crippen LogP contribution in [-0.2, 0) is 16.6 Å². The van der Waals surface area contributed by atoms with E-state index in [2.05, 4.69) is 9.71 Å². The Morgan fingerprint density at radius 2 is 2.31 bits per heavy atom. The third-order valence-electron chi connectivity index (χ3n) is 1.69. The molecule has 1 heterocycles. The topological polar surface area (TPSA) is 96.4 Å². The van der Waals surface area contributed by atoms with E-state index >= 15 is 0 Å². The minimum Gasteiger partial charge on any atom is -0.476 e. The Morgan fingerprint density at radius 3 is 2.81 bits per heavy atom. The number of carboxylic acids is 1. The molecule has 6 nitrogen and oxygen atoms in total. The molecule has 0 aliphatic rings. The van der Waals surface area contributed by atoms with E-state index in [0.717, 1.165) is 11.3 Å². The second-order valence-electron chi connectivity index (χ2n) is 3.07. The van der Waals surface area contributed by atoms with Crippen molar-refractivity contribution in [2.45, 2.75) is 19.9 Å². The number of nitrogens with one attached hydrogen (secondary N) is 1. The van der Waals surface area contributed by atoms with Crippen molar-refractivity contribution in [1.29, 1.82) is 0 Å². The first-order valence-electron chi connectivity index (χ1n) is 4.59. The molecular formula is C8H12N2O4S2. The molecule has 0 aliphatic carbocycles. The zero-order chi connectivity index (χ0) is 12.2. The van der Waals surface area contributed by atoms with Gasteiger partial charge in [-0.25, -0.2) is 22.9 Å². The highest BCUT2D eigenvalue weighted by Crippen LogP contribution is 2.09. The number of thiazole rings is 1. The van der Waals surface area contributed by atoms with Crippen LogP contribution in [0, 0.1) is 0 Å². The number of sulfonamides is 1. The van der Waals surface area contributed by atoms with Crippen LogP contribution in [0.1, 0.15) is 28.8 Å². The van der Waals surface area contributed by atoms with E-state index in [9.17, 15) is 13.2 Å². The van der Waals surface area contributed by atoms with Crippen LogP contribution in [0.25, 0.3) is 0 Å². The fraction of sp³-hybridized carbons (Fsp3) is 0.500. The van der Waals surface area contributed by atoms with Crippen molar-refractivity contribution < 1.29 is 18.3 Å². The second kappa shape index (κ2) is 5.37. The van der Waals surface area contributed by atoms with Crippen LogP contribution >= 0.6 is 11.3 Å². The van der Waals surface area contributed by atoms with Gasteiger partial charge in [0.25, 0.3) is 0 Å². The molecule has 0 saturated carbocycles. The SMILES string of the molecule is CCCS(=O)(=O)NCc1nc(C(=O)O)cs1. The molecule has 0 spiro atoms. The van der Waals surface area contributed by atoms with Gasteiger partial charge in [-0.15, -0.1) is 11.3 Å². The largest absolute Gasteiger partial charge is 0.476 e. The zero-order valence-corrected chi connectivity index (χ0v) is 10.3. The lowest BCUT2D eigenvalue weighted by molar-refractivity contribution is 0.0691. The van der Waals surface area contributed by atoms with Crippen molar-refractivity contribution >= 4 is 27.3 Å². The summed E-state index contributed by atoms with van der Waals surface area (Å²) in [5.74, 6) is -1.05. The zero-order valence-electron chi connectivity index (χ0n) is 8.63. The van der Waals surface area contributed by atoms with E-state index in [1.807, 2.05) is 0 Å². The first-order valence-corrected chi connectivity index (χ1v) is 7.13. The fourth-order valence-corrected chi connectivity index (χ4v) is 2.84. The summed E-state index contributed by atoms with van der Waals surface area (Å²) in [5, 5.41) is 10.4. The van der Waals surface area contributed by atoms with E-state index in [-0.39, 0.29) is 18.0 Å². The summed E-state index contributed by atoms with van der Waals surface area (Å²) in [6, 6.07) is 0. The van der Waals surface area contributed by atoms with Crippen molar-refractivity contribution in [1.82, 2.24) is 9.71 Å². The molecule has 16 heavy (non-hydrogen) atoms. The molecule has 0 saturated heterocycles. The molecule has 0 radical (unpaired) electrons. The van der Waals surface area contributed by atoms with Gasteiger partial charge in [0, 0.05) is 5.38 Å². The highest BCUT2D eigenvalue weighted by Gasteiger charge is 2.12. The number of hydrogen-bond donors (Lipinski definition) is 2. The van der Waals surface area contributed by atoms with E-state index in [1.165, 1.54) is 5.38 Å². The van der Waals surface area contributed by atoms with Gasteiger partial charge in [-0.1, -0.05) is 6.92 Å². The van der Waals surface area contributed by atoms with Gasteiger partial charge >= 0.3 is 5.97 Å². The third-order valence-corrected chi connectivity index (χ3v) is 4.07. The van der Waals surface area contributed by atoms with Crippen molar-refractivity contribution in [2.75, 3.05) is 5.75 Å². The van der Waals surface area contributed by atoms with Crippen molar-refractivity contribution in [3.8, 4) is 0 Å². The maximum Gasteiger partial charge on any atom is 0.355 e. The number of carboxylic acid groups (broad SMARTS) is 1. The molecule has 0 aromatic carbocycles. The molecule has 1 aromatic heterocycles. The molecule has 0 unspecified atom stereocenters.